The number of carbonyl (C=O) groups is 1. The number of ether oxygens (including phenoxy) is 1. The van der Waals surface area contributed by atoms with Crippen LogP contribution in [0.15, 0.2) is 42.9 Å². The predicted molar refractivity (Wildman–Crippen MR) is 112 cm³/mol. The second kappa shape index (κ2) is 8.00. The molecule has 2 aliphatic carbocycles. The van der Waals surface area contributed by atoms with Crippen molar-refractivity contribution in [1.82, 2.24) is 14.8 Å². The molecule has 33 heavy (non-hydrogen) atoms. The number of nitrogens with zero attached hydrogens (tertiary/aromatic N) is 3. The third kappa shape index (κ3) is 4.51. The van der Waals surface area contributed by atoms with Gasteiger partial charge >= 0.3 is 6.18 Å². The molecule has 0 aliphatic heterocycles. The lowest BCUT2D eigenvalue weighted by Gasteiger charge is -2.20. The van der Waals surface area contributed by atoms with Gasteiger partial charge in [-0.25, -0.2) is 4.39 Å². The van der Waals surface area contributed by atoms with Gasteiger partial charge in [0.15, 0.2) is 0 Å². The molecule has 2 heterocycles. The third-order valence-electron chi connectivity index (χ3n) is 6.66. The largest absolute Gasteiger partial charge is 0.490 e. The number of pyridine rings is 1. The van der Waals surface area contributed by atoms with Gasteiger partial charge in [0.1, 0.15) is 18.1 Å². The van der Waals surface area contributed by atoms with Crippen molar-refractivity contribution in [2.24, 2.45) is 23.7 Å². The van der Waals surface area contributed by atoms with Crippen molar-refractivity contribution in [1.29, 1.82) is 0 Å². The molecule has 1 aromatic carbocycles. The predicted octanol–water partition coefficient (Wildman–Crippen LogP) is 4.81. The first-order valence-electron chi connectivity index (χ1n) is 10.8. The van der Waals surface area contributed by atoms with Gasteiger partial charge in [-0.1, -0.05) is 6.92 Å². The van der Waals surface area contributed by atoms with Gasteiger partial charge in [-0.05, 0) is 54.9 Å². The first-order valence-corrected chi connectivity index (χ1v) is 10.8. The molecule has 0 saturated heterocycles. The molecular weight excluding hydrogens is 440 g/mol. The van der Waals surface area contributed by atoms with Gasteiger partial charge in [-0.3, -0.25) is 14.5 Å². The standard InChI is InChI=1S/C23H22F4N4O2/c1-12(22(32)30-14-9-29-31(10-14)11-23(25,26)27)21-16-7-15(8-17(16)21)33-20-4-5-28-19-3-2-13(24)6-18(19)20/h2-6,9-10,12,15-17,21H,7-8,11H2,1H3,(H,30,32)/t12?,15-,16+,17-,21-. The first kappa shape index (κ1) is 21.7. The molecule has 0 spiro atoms. The number of carbonyl (C=O) groups excluding carboxylic acids is 1. The normalized spacial score (nSPS) is 25.0. The summed E-state index contributed by atoms with van der Waals surface area (Å²) in [4.78, 5) is 16.9. The van der Waals surface area contributed by atoms with Crippen LogP contribution in [0.2, 0.25) is 0 Å². The number of hydrogen-bond acceptors (Lipinski definition) is 4. The Balaban J connectivity index is 1.16. The van der Waals surface area contributed by atoms with Crippen molar-refractivity contribution in [2.75, 3.05) is 5.32 Å². The second-order valence-electron chi connectivity index (χ2n) is 8.91. The van der Waals surface area contributed by atoms with Crippen LogP contribution in [-0.4, -0.2) is 33.0 Å². The zero-order valence-electron chi connectivity index (χ0n) is 17.7. The maximum Gasteiger partial charge on any atom is 0.408 e. The Morgan fingerprint density at radius 1 is 1.27 bits per heavy atom. The van der Waals surface area contributed by atoms with Gasteiger partial charge in [-0.15, -0.1) is 0 Å². The minimum Gasteiger partial charge on any atom is -0.490 e. The number of benzene rings is 1. The summed E-state index contributed by atoms with van der Waals surface area (Å²) in [5, 5.41) is 6.95. The van der Waals surface area contributed by atoms with Crippen LogP contribution < -0.4 is 10.1 Å². The molecule has 174 valence electrons. The van der Waals surface area contributed by atoms with Gasteiger partial charge in [0.2, 0.25) is 5.91 Å². The van der Waals surface area contributed by atoms with Gasteiger partial charge < -0.3 is 10.1 Å². The van der Waals surface area contributed by atoms with Crippen molar-refractivity contribution >= 4 is 22.5 Å². The maximum absolute atomic E-state index is 13.7. The third-order valence-corrected chi connectivity index (χ3v) is 6.66. The van der Waals surface area contributed by atoms with E-state index in [2.05, 4.69) is 15.4 Å². The lowest BCUT2D eigenvalue weighted by atomic mass is 9.97. The Labute approximate surface area is 186 Å². The van der Waals surface area contributed by atoms with Crippen LogP contribution in [0.1, 0.15) is 19.8 Å². The summed E-state index contributed by atoms with van der Waals surface area (Å²) in [6.07, 6.45) is 1.25. The van der Waals surface area contributed by atoms with Crippen LogP contribution >= 0.6 is 0 Å². The molecule has 1 amide bonds. The molecule has 0 bridgehead atoms. The van der Waals surface area contributed by atoms with Crippen molar-refractivity contribution in [3.8, 4) is 5.75 Å². The molecule has 1 N–H and O–H groups in total. The summed E-state index contributed by atoms with van der Waals surface area (Å²) in [7, 11) is 0. The number of nitrogens with one attached hydrogen (secondary N) is 1. The van der Waals surface area contributed by atoms with Gasteiger partial charge in [-0.2, -0.15) is 18.3 Å². The minimum atomic E-state index is -4.37. The number of aromatic nitrogens is 3. The second-order valence-corrected chi connectivity index (χ2v) is 8.91. The first-order chi connectivity index (χ1) is 15.7. The Morgan fingerprint density at radius 3 is 2.76 bits per heavy atom. The molecule has 1 unspecified atom stereocenters. The Morgan fingerprint density at radius 2 is 2.03 bits per heavy atom. The Kier molecular flexibility index (Phi) is 5.25. The average molecular weight is 462 g/mol. The highest BCUT2D eigenvalue weighted by atomic mass is 19.4. The lowest BCUT2D eigenvalue weighted by molar-refractivity contribution is -0.142. The van der Waals surface area contributed by atoms with Crippen LogP contribution in [0.4, 0.5) is 23.2 Å². The minimum absolute atomic E-state index is 0.0130. The van der Waals surface area contributed by atoms with E-state index in [1.165, 1.54) is 24.5 Å². The molecule has 3 aromatic rings. The summed E-state index contributed by atoms with van der Waals surface area (Å²) in [5.41, 5.74) is 0.915. The number of halogens is 4. The van der Waals surface area contributed by atoms with E-state index in [1.54, 1.807) is 18.3 Å². The maximum atomic E-state index is 13.7. The van der Waals surface area contributed by atoms with Crippen LogP contribution in [0.5, 0.6) is 5.75 Å². The molecule has 2 aromatic heterocycles. The van der Waals surface area contributed by atoms with Gasteiger partial charge in [0.25, 0.3) is 0 Å². The van der Waals surface area contributed by atoms with E-state index in [0.29, 0.717) is 28.5 Å². The number of rotatable bonds is 6. The van der Waals surface area contributed by atoms with E-state index < -0.39 is 12.7 Å². The van der Waals surface area contributed by atoms with E-state index in [9.17, 15) is 22.4 Å². The average Bonchev–Trinajstić information content (AvgIpc) is 3.05. The number of alkyl halides is 3. The fraction of sp³-hybridized carbons (Fsp3) is 0.435. The van der Waals surface area contributed by atoms with Crippen molar-refractivity contribution < 1.29 is 27.1 Å². The zero-order valence-corrected chi connectivity index (χ0v) is 17.7. The zero-order chi connectivity index (χ0) is 23.3. The van der Waals surface area contributed by atoms with Crippen LogP contribution in [-0.2, 0) is 11.3 Å². The van der Waals surface area contributed by atoms with Crippen LogP contribution in [0, 0.1) is 29.5 Å². The van der Waals surface area contributed by atoms with E-state index in [-0.39, 0.29) is 35.4 Å². The fourth-order valence-corrected chi connectivity index (χ4v) is 5.18. The smallest absolute Gasteiger partial charge is 0.408 e. The van der Waals surface area contributed by atoms with Crippen molar-refractivity contribution in [2.45, 2.75) is 38.6 Å². The highest BCUT2D eigenvalue weighted by molar-refractivity contribution is 5.92. The number of anilines is 1. The monoisotopic (exact) mass is 462 g/mol. The molecule has 10 heteroatoms. The van der Waals surface area contributed by atoms with E-state index in [4.69, 9.17) is 4.74 Å². The molecule has 0 radical (unpaired) electrons. The SMILES string of the molecule is CC(C(=O)Nc1cnn(CC(F)(F)F)c1)[C@H]1[C@@H]2C[C@H](Oc3ccnc4ccc(F)cc34)C[C@@H]21. The van der Waals surface area contributed by atoms with E-state index >= 15 is 0 Å². The summed E-state index contributed by atoms with van der Waals surface area (Å²) >= 11 is 0. The molecule has 5 atom stereocenters. The molecule has 5 rings (SSSR count). The molecular formula is C23H22F4N4O2. The van der Waals surface area contributed by atoms with Crippen LogP contribution in [0.3, 0.4) is 0 Å². The Hall–Kier alpha value is -3.17. The highest BCUT2D eigenvalue weighted by Crippen LogP contribution is 2.61. The molecule has 2 saturated carbocycles. The molecule has 6 nitrogen and oxygen atoms in total. The van der Waals surface area contributed by atoms with Crippen LogP contribution in [0.25, 0.3) is 10.9 Å². The van der Waals surface area contributed by atoms with E-state index in [1.807, 2.05) is 6.92 Å². The van der Waals surface area contributed by atoms with Gasteiger partial charge in [0, 0.05) is 23.7 Å². The van der Waals surface area contributed by atoms with Gasteiger partial charge in [0.05, 0.1) is 23.5 Å². The molecule has 2 aliphatic rings. The summed E-state index contributed by atoms with van der Waals surface area (Å²) < 4.78 is 58.0. The van der Waals surface area contributed by atoms with Crippen molar-refractivity contribution in [3.63, 3.8) is 0 Å². The highest BCUT2D eigenvalue weighted by Gasteiger charge is 2.59. The number of fused-ring (bicyclic) bond motifs is 2. The lowest BCUT2D eigenvalue weighted by Crippen LogP contribution is -2.25. The summed E-state index contributed by atoms with van der Waals surface area (Å²) in [5.74, 6) is 0.669. The van der Waals surface area contributed by atoms with E-state index in [0.717, 1.165) is 17.5 Å². The quantitative estimate of drug-likeness (QED) is 0.534. The summed E-state index contributed by atoms with van der Waals surface area (Å²) in [6.45, 7) is 0.638. The summed E-state index contributed by atoms with van der Waals surface area (Å²) in [6, 6.07) is 6.13. The number of amides is 1. The topological polar surface area (TPSA) is 69.0 Å². The van der Waals surface area contributed by atoms with Crippen molar-refractivity contribution in [3.05, 3.63) is 48.7 Å². The fourth-order valence-electron chi connectivity index (χ4n) is 5.18. The molecule has 2 fully saturated rings. The number of hydrogen-bond donors (Lipinski definition) is 1. The Bertz CT molecular complexity index is 1180.